The zero-order chi connectivity index (χ0) is 26.2. The van der Waals surface area contributed by atoms with Gasteiger partial charge in [-0.25, -0.2) is 9.13 Å². The molecule has 0 fully saturated rings. The van der Waals surface area contributed by atoms with Gasteiger partial charge < -0.3 is 0 Å². The van der Waals surface area contributed by atoms with E-state index >= 15 is 0 Å². The largest absolute Gasteiger partial charge is 0.256 e. The molecule has 2 aromatic rings. The van der Waals surface area contributed by atoms with Gasteiger partial charge in [0, 0.05) is 6.42 Å². The van der Waals surface area contributed by atoms with Crippen LogP contribution in [0.25, 0.3) is 0 Å². The third-order valence-electron chi connectivity index (χ3n) is 8.05. The normalized spacial score (nSPS) is 11.4. The Morgan fingerprint density at radius 2 is 1.05 bits per heavy atom. The van der Waals surface area contributed by atoms with Crippen molar-refractivity contribution in [1.82, 2.24) is 4.57 Å². The lowest BCUT2D eigenvalue weighted by atomic mass is 10.1. The molecule has 0 amide bonds. The lowest BCUT2D eigenvalue weighted by molar-refractivity contribution is -0.704. The second-order valence-corrected chi connectivity index (χ2v) is 11.5. The van der Waals surface area contributed by atoms with E-state index in [1.54, 1.807) is 5.82 Å². The summed E-state index contributed by atoms with van der Waals surface area (Å²) in [6, 6.07) is 11.0. The van der Waals surface area contributed by atoms with E-state index in [-0.39, 0.29) is 0 Å². The maximum absolute atomic E-state index is 2.59. The van der Waals surface area contributed by atoms with Crippen LogP contribution in [0.3, 0.4) is 0 Å². The van der Waals surface area contributed by atoms with Crippen LogP contribution in [0.2, 0.25) is 0 Å². The summed E-state index contributed by atoms with van der Waals surface area (Å²) in [6.07, 6.45) is 35.2. The van der Waals surface area contributed by atoms with Gasteiger partial charge in [0.15, 0.2) is 0 Å². The fourth-order valence-corrected chi connectivity index (χ4v) is 5.65. The van der Waals surface area contributed by atoms with Crippen molar-refractivity contribution in [2.45, 2.75) is 168 Å². The van der Waals surface area contributed by atoms with Crippen molar-refractivity contribution < 1.29 is 4.57 Å². The molecule has 0 radical (unpaired) electrons. The van der Waals surface area contributed by atoms with Crippen molar-refractivity contribution in [3.8, 4) is 0 Å². The topological polar surface area (TPSA) is 8.81 Å². The maximum Gasteiger partial charge on any atom is 0.256 e. The van der Waals surface area contributed by atoms with Crippen molar-refractivity contribution in [1.29, 1.82) is 0 Å². The Balaban J connectivity index is 1.70. The molecular weight excluding hydrogens is 448 g/mol. The van der Waals surface area contributed by atoms with Gasteiger partial charge in [0.25, 0.3) is 5.82 Å². The van der Waals surface area contributed by atoms with E-state index < -0.39 is 0 Å². The van der Waals surface area contributed by atoms with Crippen molar-refractivity contribution in [2.24, 2.45) is 0 Å². The molecule has 0 unspecified atom stereocenters. The second kappa shape index (κ2) is 22.4. The van der Waals surface area contributed by atoms with Gasteiger partial charge in [0.05, 0.1) is 13.1 Å². The highest BCUT2D eigenvalue weighted by Gasteiger charge is 2.16. The van der Waals surface area contributed by atoms with Gasteiger partial charge >= 0.3 is 0 Å². The van der Waals surface area contributed by atoms with Crippen molar-refractivity contribution in [2.75, 3.05) is 0 Å². The summed E-state index contributed by atoms with van der Waals surface area (Å²) < 4.78 is 5.17. The number of aryl methyl sites for hydroxylation is 3. The Labute approximate surface area is 231 Å². The fourth-order valence-electron chi connectivity index (χ4n) is 5.65. The Morgan fingerprint density at radius 3 is 1.62 bits per heavy atom. The van der Waals surface area contributed by atoms with Crippen LogP contribution in [0, 0.1) is 0 Å². The van der Waals surface area contributed by atoms with Gasteiger partial charge in [0.2, 0.25) is 0 Å². The lowest BCUT2D eigenvalue weighted by Gasteiger charge is -2.07. The van der Waals surface area contributed by atoms with Gasteiger partial charge in [-0.05, 0) is 37.7 Å². The molecular formula is C35H61N2+. The summed E-state index contributed by atoms with van der Waals surface area (Å²) in [6.45, 7) is 6.96. The highest BCUT2D eigenvalue weighted by Crippen LogP contribution is 2.14. The summed E-state index contributed by atoms with van der Waals surface area (Å²) in [5, 5.41) is 0. The first kappa shape index (κ1) is 31.6. The SMILES string of the molecule is CCCCCCCCCCCCCn1cc[n+](CCCc2ccccc2)c1CCCCCCCCCC. The van der Waals surface area contributed by atoms with Crippen LogP contribution in [0.5, 0.6) is 0 Å². The molecule has 0 atom stereocenters. The number of rotatable bonds is 25. The van der Waals surface area contributed by atoms with E-state index in [4.69, 9.17) is 0 Å². The van der Waals surface area contributed by atoms with Crippen molar-refractivity contribution >= 4 is 0 Å². The molecule has 0 aliphatic heterocycles. The average Bonchev–Trinajstić information content (AvgIpc) is 3.30. The quantitative estimate of drug-likeness (QED) is 0.0929. The third-order valence-corrected chi connectivity index (χ3v) is 8.05. The molecule has 0 spiro atoms. The van der Waals surface area contributed by atoms with E-state index in [9.17, 15) is 0 Å². The maximum atomic E-state index is 2.59. The average molecular weight is 510 g/mol. The Bertz CT molecular complexity index is 748. The molecule has 2 nitrogen and oxygen atoms in total. The highest BCUT2D eigenvalue weighted by atomic mass is 15.1. The number of benzene rings is 1. The molecule has 210 valence electrons. The van der Waals surface area contributed by atoms with Crippen LogP contribution < -0.4 is 4.57 Å². The van der Waals surface area contributed by atoms with E-state index in [0.29, 0.717) is 0 Å². The van der Waals surface area contributed by atoms with E-state index in [0.717, 1.165) is 6.54 Å². The van der Waals surface area contributed by atoms with Crippen LogP contribution in [0.15, 0.2) is 42.7 Å². The second-order valence-electron chi connectivity index (χ2n) is 11.5. The van der Waals surface area contributed by atoms with Crippen LogP contribution >= 0.6 is 0 Å². The van der Waals surface area contributed by atoms with E-state index in [2.05, 4.69) is 65.7 Å². The molecule has 0 bridgehead atoms. The molecule has 0 aliphatic rings. The minimum Gasteiger partial charge on any atom is -0.234 e. The molecule has 37 heavy (non-hydrogen) atoms. The van der Waals surface area contributed by atoms with E-state index in [1.807, 2.05) is 0 Å². The van der Waals surface area contributed by atoms with Crippen LogP contribution in [-0.4, -0.2) is 4.57 Å². The number of hydrogen-bond acceptors (Lipinski definition) is 0. The Kier molecular flexibility index (Phi) is 19.2. The predicted molar refractivity (Wildman–Crippen MR) is 162 cm³/mol. The van der Waals surface area contributed by atoms with Crippen LogP contribution in [0.1, 0.15) is 154 Å². The minimum absolute atomic E-state index is 1.15. The van der Waals surface area contributed by atoms with Gasteiger partial charge in [-0.2, -0.15) is 0 Å². The number of nitrogens with zero attached hydrogens (tertiary/aromatic N) is 2. The molecule has 0 saturated heterocycles. The summed E-state index contributed by atoms with van der Waals surface area (Å²) in [7, 11) is 0. The molecule has 2 rings (SSSR count). The van der Waals surface area contributed by atoms with Crippen molar-refractivity contribution in [3.05, 3.63) is 54.1 Å². The minimum atomic E-state index is 1.15. The molecule has 2 heteroatoms. The zero-order valence-corrected chi connectivity index (χ0v) is 24.9. The lowest BCUT2D eigenvalue weighted by Crippen LogP contribution is -2.37. The first-order chi connectivity index (χ1) is 18.3. The van der Waals surface area contributed by atoms with Gasteiger partial charge in [-0.15, -0.1) is 0 Å². The Morgan fingerprint density at radius 1 is 0.541 bits per heavy atom. The molecule has 1 heterocycles. The summed E-state index contributed by atoms with van der Waals surface area (Å²) in [4.78, 5) is 0. The molecule has 0 N–H and O–H groups in total. The van der Waals surface area contributed by atoms with Gasteiger partial charge in [-0.3, -0.25) is 0 Å². The summed E-state index contributed by atoms with van der Waals surface area (Å²) >= 11 is 0. The Hall–Kier alpha value is -1.57. The van der Waals surface area contributed by atoms with Gasteiger partial charge in [0.1, 0.15) is 12.4 Å². The van der Waals surface area contributed by atoms with Crippen LogP contribution in [-0.2, 0) is 25.9 Å². The first-order valence-electron chi connectivity index (χ1n) is 16.5. The highest BCUT2D eigenvalue weighted by molar-refractivity contribution is 5.14. The first-order valence-corrected chi connectivity index (χ1v) is 16.5. The number of aromatic nitrogens is 2. The molecule has 1 aromatic carbocycles. The number of hydrogen-bond donors (Lipinski definition) is 0. The molecule has 1 aromatic heterocycles. The molecule has 0 saturated carbocycles. The van der Waals surface area contributed by atoms with Crippen LogP contribution in [0.4, 0.5) is 0 Å². The van der Waals surface area contributed by atoms with E-state index in [1.165, 1.54) is 153 Å². The monoisotopic (exact) mass is 509 g/mol. The van der Waals surface area contributed by atoms with Crippen molar-refractivity contribution in [3.63, 3.8) is 0 Å². The molecule has 0 aliphatic carbocycles. The standard InChI is InChI=1S/C35H61N2/c1-3-5-7-9-11-13-14-15-17-19-24-30-36-32-33-37(31-25-28-34-26-21-20-22-27-34)35(36)29-23-18-16-12-10-8-6-4-2/h20-22,26-27,32-33H,3-19,23-25,28-31H2,1-2H3/q+1. The smallest absolute Gasteiger partial charge is 0.234 e. The van der Waals surface area contributed by atoms with Gasteiger partial charge in [-0.1, -0.05) is 147 Å². The number of unbranched alkanes of at least 4 members (excludes halogenated alkanes) is 17. The fraction of sp³-hybridized carbons (Fsp3) is 0.743. The summed E-state index contributed by atoms with van der Waals surface area (Å²) in [5.74, 6) is 1.58. The third kappa shape index (κ3) is 15.4. The zero-order valence-electron chi connectivity index (χ0n) is 24.9. The summed E-state index contributed by atoms with van der Waals surface area (Å²) in [5.41, 5.74) is 1.47. The predicted octanol–water partition coefficient (Wildman–Crippen LogP) is 10.4. The number of imidazole rings is 1.